The number of ether oxygens (including phenoxy) is 1. The Balaban J connectivity index is 1.64. The summed E-state index contributed by atoms with van der Waals surface area (Å²) in [5, 5.41) is 0. The highest BCUT2D eigenvalue weighted by molar-refractivity contribution is 5.90. The van der Waals surface area contributed by atoms with Crippen molar-refractivity contribution >= 4 is 5.97 Å². The van der Waals surface area contributed by atoms with E-state index in [2.05, 4.69) is 19.1 Å². The molecule has 0 aliphatic carbocycles. The van der Waals surface area contributed by atoms with Gasteiger partial charge in [-0.2, -0.15) is 0 Å². The van der Waals surface area contributed by atoms with Crippen molar-refractivity contribution in [3.8, 4) is 11.1 Å². The number of carbonyl (C=O) groups excluding carboxylic acids is 1. The van der Waals surface area contributed by atoms with Crippen molar-refractivity contribution in [2.45, 2.75) is 58.3 Å². The molecule has 0 heterocycles. The van der Waals surface area contributed by atoms with Gasteiger partial charge in [0.05, 0.1) is 12.2 Å². The van der Waals surface area contributed by atoms with Crippen LogP contribution in [0.25, 0.3) is 11.1 Å². The maximum atomic E-state index is 12.1. The Hall–Kier alpha value is -2.09. The van der Waals surface area contributed by atoms with E-state index in [0.29, 0.717) is 12.2 Å². The fourth-order valence-corrected chi connectivity index (χ4v) is 2.91. The van der Waals surface area contributed by atoms with E-state index in [-0.39, 0.29) is 5.97 Å². The quantitative estimate of drug-likeness (QED) is 0.338. The number of benzene rings is 2. The van der Waals surface area contributed by atoms with Gasteiger partial charge in [0, 0.05) is 0 Å². The van der Waals surface area contributed by atoms with Gasteiger partial charge >= 0.3 is 5.97 Å². The summed E-state index contributed by atoms with van der Waals surface area (Å²) >= 11 is 0. The van der Waals surface area contributed by atoms with Crippen LogP contribution >= 0.6 is 0 Å². The van der Waals surface area contributed by atoms with E-state index in [4.69, 9.17) is 4.74 Å². The van der Waals surface area contributed by atoms with E-state index in [1.165, 1.54) is 38.5 Å². The molecule has 0 saturated carbocycles. The highest BCUT2D eigenvalue weighted by atomic mass is 16.5. The molecule has 134 valence electrons. The maximum absolute atomic E-state index is 12.1. The lowest BCUT2D eigenvalue weighted by atomic mass is 10.0. The average Bonchev–Trinajstić information content (AvgIpc) is 2.67. The molecule has 0 amide bonds. The first-order chi connectivity index (χ1) is 12.3. The van der Waals surface area contributed by atoms with Crippen molar-refractivity contribution in [1.82, 2.24) is 0 Å². The lowest BCUT2D eigenvalue weighted by Crippen LogP contribution is -2.06. The normalized spacial score (nSPS) is 10.6. The Labute approximate surface area is 152 Å². The summed E-state index contributed by atoms with van der Waals surface area (Å²) in [6.07, 6.45) is 9.98. The van der Waals surface area contributed by atoms with E-state index in [1.54, 1.807) is 0 Å². The first kappa shape index (κ1) is 19.2. The van der Waals surface area contributed by atoms with Gasteiger partial charge in [0.2, 0.25) is 0 Å². The number of hydrogen-bond donors (Lipinski definition) is 0. The van der Waals surface area contributed by atoms with Crippen LogP contribution in [-0.2, 0) is 4.74 Å². The van der Waals surface area contributed by atoms with E-state index in [9.17, 15) is 4.79 Å². The van der Waals surface area contributed by atoms with Crippen LogP contribution in [0.15, 0.2) is 54.6 Å². The summed E-state index contributed by atoms with van der Waals surface area (Å²) in [6, 6.07) is 17.8. The third-order valence-electron chi connectivity index (χ3n) is 4.46. The second-order valence-electron chi connectivity index (χ2n) is 6.55. The van der Waals surface area contributed by atoms with Crippen molar-refractivity contribution < 1.29 is 9.53 Å². The molecular formula is C23H30O2. The summed E-state index contributed by atoms with van der Waals surface area (Å²) in [7, 11) is 0. The van der Waals surface area contributed by atoms with Gasteiger partial charge in [-0.05, 0) is 29.7 Å². The van der Waals surface area contributed by atoms with Gasteiger partial charge in [-0.25, -0.2) is 4.79 Å². The van der Waals surface area contributed by atoms with Crippen LogP contribution in [0.2, 0.25) is 0 Å². The van der Waals surface area contributed by atoms with Crippen molar-refractivity contribution in [2.75, 3.05) is 6.61 Å². The molecule has 0 N–H and O–H groups in total. The molecule has 0 aliphatic heterocycles. The molecule has 2 aromatic rings. The molecule has 2 nitrogen and oxygen atoms in total. The van der Waals surface area contributed by atoms with Crippen LogP contribution in [-0.4, -0.2) is 12.6 Å². The topological polar surface area (TPSA) is 26.3 Å². The number of unbranched alkanes of at least 4 members (excludes halogenated alkanes) is 7. The molecule has 0 atom stereocenters. The average molecular weight is 338 g/mol. The van der Waals surface area contributed by atoms with Crippen molar-refractivity contribution in [3.63, 3.8) is 0 Å². The summed E-state index contributed by atoms with van der Waals surface area (Å²) < 4.78 is 5.38. The Bertz CT molecular complexity index is 602. The summed E-state index contributed by atoms with van der Waals surface area (Å²) in [5.41, 5.74) is 2.89. The lowest BCUT2D eigenvalue weighted by molar-refractivity contribution is 0.0497. The zero-order valence-electron chi connectivity index (χ0n) is 15.4. The van der Waals surface area contributed by atoms with Gasteiger partial charge in [-0.15, -0.1) is 0 Å². The minimum Gasteiger partial charge on any atom is -0.462 e. The molecule has 2 heteroatoms. The number of carbonyl (C=O) groups is 1. The molecule has 2 aromatic carbocycles. The Kier molecular flexibility index (Phi) is 8.82. The van der Waals surface area contributed by atoms with E-state index in [1.807, 2.05) is 42.5 Å². The fourth-order valence-electron chi connectivity index (χ4n) is 2.91. The van der Waals surface area contributed by atoms with Crippen LogP contribution in [0, 0.1) is 0 Å². The fraction of sp³-hybridized carbons (Fsp3) is 0.435. The molecule has 2 rings (SSSR count). The molecule has 0 aliphatic rings. The van der Waals surface area contributed by atoms with E-state index in [0.717, 1.165) is 24.0 Å². The highest BCUT2D eigenvalue weighted by Gasteiger charge is 2.07. The van der Waals surface area contributed by atoms with Crippen LogP contribution in [0.3, 0.4) is 0 Å². The van der Waals surface area contributed by atoms with Gasteiger partial charge < -0.3 is 4.74 Å². The molecular weight excluding hydrogens is 308 g/mol. The summed E-state index contributed by atoms with van der Waals surface area (Å²) in [5.74, 6) is -0.220. The third-order valence-corrected chi connectivity index (χ3v) is 4.46. The monoisotopic (exact) mass is 338 g/mol. The number of hydrogen-bond acceptors (Lipinski definition) is 2. The molecule has 0 saturated heterocycles. The van der Waals surface area contributed by atoms with Crippen LogP contribution in [0.4, 0.5) is 0 Å². The van der Waals surface area contributed by atoms with Gasteiger partial charge in [0.1, 0.15) is 0 Å². The summed E-state index contributed by atoms with van der Waals surface area (Å²) in [4.78, 5) is 12.1. The van der Waals surface area contributed by atoms with Crippen LogP contribution in [0.1, 0.15) is 68.6 Å². The van der Waals surface area contributed by atoms with Crippen molar-refractivity contribution in [1.29, 1.82) is 0 Å². The van der Waals surface area contributed by atoms with Gasteiger partial charge in [0.25, 0.3) is 0 Å². The number of esters is 1. The molecule has 0 radical (unpaired) electrons. The third kappa shape index (κ3) is 7.13. The Morgan fingerprint density at radius 1 is 0.720 bits per heavy atom. The Morgan fingerprint density at radius 2 is 1.28 bits per heavy atom. The molecule has 0 aromatic heterocycles. The van der Waals surface area contributed by atoms with Gasteiger partial charge in [0.15, 0.2) is 0 Å². The highest BCUT2D eigenvalue weighted by Crippen LogP contribution is 2.19. The molecule has 0 unspecified atom stereocenters. The van der Waals surface area contributed by atoms with Gasteiger partial charge in [-0.1, -0.05) is 94.3 Å². The second-order valence-corrected chi connectivity index (χ2v) is 6.55. The number of rotatable bonds is 11. The van der Waals surface area contributed by atoms with Gasteiger partial charge in [-0.3, -0.25) is 0 Å². The first-order valence-corrected chi connectivity index (χ1v) is 9.64. The molecule has 0 bridgehead atoms. The predicted octanol–water partition coefficient (Wildman–Crippen LogP) is 6.65. The van der Waals surface area contributed by atoms with Crippen LogP contribution in [0.5, 0.6) is 0 Å². The standard InChI is InChI=1S/C23H30O2/c1-2-3-4-5-6-7-8-12-19-25-23(24)22-17-15-21(16-18-22)20-13-10-9-11-14-20/h9-11,13-18H,2-8,12,19H2,1H3. The van der Waals surface area contributed by atoms with Crippen LogP contribution < -0.4 is 0 Å². The van der Waals surface area contributed by atoms with E-state index < -0.39 is 0 Å². The smallest absolute Gasteiger partial charge is 0.338 e. The van der Waals surface area contributed by atoms with Crippen molar-refractivity contribution in [2.24, 2.45) is 0 Å². The predicted molar refractivity (Wildman–Crippen MR) is 105 cm³/mol. The minimum absolute atomic E-state index is 0.220. The first-order valence-electron chi connectivity index (χ1n) is 9.64. The SMILES string of the molecule is CCCCCCCCCCOC(=O)c1ccc(-c2ccccc2)cc1. The van der Waals surface area contributed by atoms with Crippen molar-refractivity contribution in [3.05, 3.63) is 60.2 Å². The summed E-state index contributed by atoms with van der Waals surface area (Å²) in [6.45, 7) is 2.76. The minimum atomic E-state index is -0.220. The zero-order valence-corrected chi connectivity index (χ0v) is 15.4. The molecule has 25 heavy (non-hydrogen) atoms. The lowest BCUT2D eigenvalue weighted by Gasteiger charge is -2.06. The second kappa shape index (κ2) is 11.5. The zero-order chi connectivity index (χ0) is 17.7. The Morgan fingerprint density at radius 3 is 1.92 bits per heavy atom. The maximum Gasteiger partial charge on any atom is 0.338 e. The largest absolute Gasteiger partial charge is 0.462 e. The molecule has 0 fully saturated rings. The molecule has 0 spiro atoms. The van der Waals surface area contributed by atoms with E-state index >= 15 is 0 Å².